The number of rotatable bonds is 5. The third kappa shape index (κ3) is 3.64. The number of aryl methyl sites for hydroxylation is 2. The summed E-state index contributed by atoms with van der Waals surface area (Å²) in [5.74, 6) is 2.80. The maximum absolute atomic E-state index is 6.13. The molecule has 0 fully saturated rings. The lowest BCUT2D eigenvalue weighted by Crippen LogP contribution is -2.06. The quantitative estimate of drug-likeness (QED) is 0.881. The second-order valence-corrected chi connectivity index (χ2v) is 5.20. The van der Waals surface area contributed by atoms with Crippen LogP contribution in [0.5, 0.6) is 11.6 Å². The summed E-state index contributed by atoms with van der Waals surface area (Å²) in [6, 6.07) is 5.65. The summed E-state index contributed by atoms with van der Waals surface area (Å²) in [7, 11) is 0. The normalized spacial score (nSPS) is 10.5. The van der Waals surface area contributed by atoms with Gasteiger partial charge in [-0.05, 0) is 51.0 Å². The van der Waals surface area contributed by atoms with Crippen molar-refractivity contribution in [3.63, 3.8) is 0 Å². The Morgan fingerprint density at radius 1 is 1.19 bits per heavy atom. The van der Waals surface area contributed by atoms with Crippen LogP contribution in [0.1, 0.15) is 30.8 Å². The molecule has 0 aliphatic rings. The highest BCUT2D eigenvalue weighted by atomic mass is 35.5. The van der Waals surface area contributed by atoms with Gasteiger partial charge in [-0.3, -0.25) is 0 Å². The summed E-state index contributed by atoms with van der Waals surface area (Å²) in [4.78, 5) is 8.77. The van der Waals surface area contributed by atoms with Crippen LogP contribution < -0.4 is 10.1 Å². The molecule has 1 N–H and O–H groups in total. The Hall–Kier alpha value is -1.81. The van der Waals surface area contributed by atoms with E-state index in [1.54, 1.807) is 0 Å². The lowest BCUT2D eigenvalue weighted by Gasteiger charge is -2.13. The topological polar surface area (TPSA) is 47.0 Å². The van der Waals surface area contributed by atoms with Gasteiger partial charge in [0.05, 0.1) is 5.56 Å². The summed E-state index contributed by atoms with van der Waals surface area (Å²) >= 11 is 6.13. The van der Waals surface area contributed by atoms with Gasteiger partial charge in [-0.1, -0.05) is 18.5 Å². The molecule has 0 unspecified atom stereocenters. The number of aromatic nitrogens is 2. The van der Waals surface area contributed by atoms with Crippen molar-refractivity contribution in [3.8, 4) is 11.6 Å². The summed E-state index contributed by atoms with van der Waals surface area (Å²) in [6.45, 7) is 8.70. The minimum atomic E-state index is 0.572. The molecule has 0 saturated carbocycles. The van der Waals surface area contributed by atoms with Crippen LogP contribution in [0.4, 0.5) is 5.82 Å². The van der Waals surface area contributed by atoms with Gasteiger partial charge in [0.25, 0.3) is 0 Å². The summed E-state index contributed by atoms with van der Waals surface area (Å²) in [5.41, 5.74) is 1.96. The smallest absolute Gasteiger partial charge is 0.227 e. The van der Waals surface area contributed by atoms with E-state index < -0.39 is 0 Å². The van der Waals surface area contributed by atoms with Crippen molar-refractivity contribution in [2.75, 3.05) is 11.9 Å². The van der Waals surface area contributed by atoms with Crippen molar-refractivity contribution in [2.24, 2.45) is 0 Å². The molecule has 2 rings (SSSR count). The molecule has 1 heterocycles. The van der Waals surface area contributed by atoms with Crippen LogP contribution in [-0.4, -0.2) is 16.5 Å². The van der Waals surface area contributed by atoms with Crippen LogP contribution in [0.3, 0.4) is 0 Å². The summed E-state index contributed by atoms with van der Waals surface area (Å²) in [5, 5.41) is 3.98. The first-order valence-electron chi connectivity index (χ1n) is 7.10. The summed E-state index contributed by atoms with van der Waals surface area (Å²) < 4.78 is 5.92. The molecular formula is C16H20ClN3O. The van der Waals surface area contributed by atoms with Gasteiger partial charge in [-0.2, -0.15) is 4.98 Å². The van der Waals surface area contributed by atoms with Crippen molar-refractivity contribution in [1.82, 2.24) is 9.97 Å². The number of nitrogens with zero attached hydrogens (tertiary/aromatic N) is 2. The maximum atomic E-state index is 6.13. The Kier molecular flexibility index (Phi) is 5.02. The average molecular weight is 306 g/mol. The molecule has 4 nitrogen and oxygen atoms in total. The Morgan fingerprint density at radius 3 is 2.62 bits per heavy atom. The van der Waals surface area contributed by atoms with Crippen molar-refractivity contribution in [3.05, 3.63) is 40.2 Å². The lowest BCUT2D eigenvalue weighted by molar-refractivity contribution is 0.455. The first kappa shape index (κ1) is 15.6. The Bertz CT molecular complexity index is 644. The van der Waals surface area contributed by atoms with Gasteiger partial charge < -0.3 is 10.1 Å². The molecule has 112 valence electrons. The molecule has 5 heteroatoms. The zero-order valence-corrected chi connectivity index (χ0v) is 13.6. The fourth-order valence-corrected chi connectivity index (χ4v) is 2.29. The number of benzene rings is 1. The fourth-order valence-electron chi connectivity index (χ4n) is 2.04. The number of ether oxygens (including phenoxy) is 1. The van der Waals surface area contributed by atoms with Gasteiger partial charge >= 0.3 is 0 Å². The predicted octanol–water partition coefficient (Wildman–Crippen LogP) is 4.53. The van der Waals surface area contributed by atoms with E-state index in [1.807, 2.05) is 39.0 Å². The molecule has 0 aliphatic carbocycles. The molecule has 0 atom stereocenters. The van der Waals surface area contributed by atoms with E-state index in [1.165, 1.54) is 0 Å². The molecule has 0 aliphatic heterocycles. The molecule has 0 amide bonds. The number of nitrogens with one attached hydrogen (secondary N) is 1. The zero-order valence-electron chi connectivity index (χ0n) is 12.8. The minimum absolute atomic E-state index is 0.572. The van der Waals surface area contributed by atoms with Gasteiger partial charge in [-0.15, -0.1) is 0 Å². The van der Waals surface area contributed by atoms with Crippen molar-refractivity contribution in [2.45, 2.75) is 34.1 Å². The molecular weight excluding hydrogens is 286 g/mol. The second kappa shape index (κ2) is 6.76. The van der Waals surface area contributed by atoms with Crippen LogP contribution in [0.15, 0.2) is 18.2 Å². The van der Waals surface area contributed by atoms with Crippen LogP contribution in [0.2, 0.25) is 5.02 Å². The first-order valence-corrected chi connectivity index (χ1v) is 7.48. The first-order chi connectivity index (χ1) is 10.0. The van der Waals surface area contributed by atoms with Gasteiger partial charge in [0.15, 0.2) is 0 Å². The van der Waals surface area contributed by atoms with Crippen LogP contribution in [0, 0.1) is 13.8 Å². The Morgan fingerprint density at radius 2 is 1.95 bits per heavy atom. The number of anilines is 1. The lowest BCUT2D eigenvalue weighted by atomic mass is 10.1. The van der Waals surface area contributed by atoms with Gasteiger partial charge in [0, 0.05) is 11.6 Å². The van der Waals surface area contributed by atoms with E-state index in [2.05, 4.69) is 22.2 Å². The van der Waals surface area contributed by atoms with E-state index in [4.69, 9.17) is 16.3 Å². The minimum Gasteiger partial charge on any atom is -0.439 e. The number of hydrogen-bond acceptors (Lipinski definition) is 4. The van der Waals surface area contributed by atoms with Crippen molar-refractivity contribution < 1.29 is 4.74 Å². The van der Waals surface area contributed by atoms with Crippen LogP contribution in [-0.2, 0) is 6.42 Å². The summed E-state index contributed by atoms with van der Waals surface area (Å²) in [6.07, 6.45) is 0.862. The van der Waals surface area contributed by atoms with E-state index >= 15 is 0 Å². The van der Waals surface area contributed by atoms with E-state index in [9.17, 15) is 0 Å². The van der Waals surface area contributed by atoms with Gasteiger partial charge in [0.1, 0.15) is 17.4 Å². The standard InChI is InChI=1S/C16H20ClN3O/c1-5-12-9-13(7-8-14(12)17)21-16-10(3)15(18-6-2)19-11(4)20-16/h7-9H,5-6H2,1-4H3,(H,18,19,20). The third-order valence-electron chi connectivity index (χ3n) is 3.17. The molecule has 0 bridgehead atoms. The highest BCUT2D eigenvalue weighted by molar-refractivity contribution is 6.31. The van der Waals surface area contributed by atoms with Gasteiger partial charge in [-0.25, -0.2) is 4.98 Å². The molecule has 2 aromatic rings. The maximum Gasteiger partial charge on any atom is 0.227 e. The van der Waals surface area contributed by atoms with E-state index in [0.29, 0.717) is 11.7 Å². The highest BCUT2D eigenvalue weighted by Crippen LogP contribution is 2.29. The largest absolute Gasteiger partial charge is 0.439 e. The molecule has 0 radical (unpaired) electrons. The molecule has 1 aromatic carbocycles. The molecule has 1 aromatic heterocycles. The molecule has 0 saturated heterocycles. The van der Waals surface area contributed by atoms with Gasteiger partial charge in [0.2, 0.25) is 5.88 Å². The Balaban J connectivity index is 2.35. The average Bonchev–Trinajstić information content (AvgIpc) is 2.46. The number of halogens is 1. The SMILES string of the molecule is CCNc1nc(C)nc(Oc2ccc(Cl)c(CC)c2)c1C. The van der Waals surface area contributed by atoms with Crippen molar-refractivity contribution in [1.29, 1.82) is 0 Å². The molecule has 0 spiro atoms. The zero-order chi connectivity index (χ0) is 15.4. The monoisotopic (exact) mass is 305 g/mol. The number of hydrogen-bond donors (Lipinski definition) is 1. The van der Waals surface area contributed by atoms with E-state index in [-0.39, 0.29) is 0 Å². The van der Waals surface area contributed by atoms with Crippen molar-refractivity contribution >= 4 is 17.4 Å². The van der Waals surface area contributed by atoms with Crippen LogP contribution in [0.25, 0.3) is 0 Å². The fraction of sp³-hybridized carbons (Fsp3) is 0.375. The van der Waals surface area contributed by atoms with Crippen LogP contribution >= 0.6 is 11.6 Å². The predicted molar refractivity (Wildman–Crippen MR) is 86.6 cm³/mol. The second-order valence-electron chi connectivity index (χ2n) is 4.79. The third-order valence-corrected chi connectivity index (χ3v) is 3.54. The highest BCUT2D eigenvalue weighted by Gasteiger charge is 2.11. The Labute approximate surface area is 130 Å². The van der Waals surface area contributed by atoms with E-state index in [0.717, 1.165) is 40.7 Å². The molecule has 21 heavy (non-hydrogen) atoms.